The summed E-state index contributed by atoms with van der Waals surface area (Å²) in [6, 6.07) is 16.8. The fraction of sp³-hybridized carbons (Fsp3) is 0.316. The highest BCUT2D eigenvalue weighted by atomic mass is 16.5. The second kappa shape index (κ2) is 7.29. The molecule has 1 aliphatic rings. The van der Waals surface area contributed by atoms with Crippen molar-refractivity contribution in [2.75, 3.05) is 13.2 Å². The van der Waals surface area contributed by atoms with E-state index in [1.807, 2.05) is 42.5 Å². The maximum absolute atomic E-state index is 12.2. The Kier molecular flexibility index (Phi) is 4.93. The van der Waals surface area contributed by atoms with Gasteiger partial charge in [-0.3, -0.25) is 4.79 Å². The fourth-order valence-corrected chi connectivity index (χ4v) is 2.32. The summed E-state index contributed by atoms with van der Waals surface area (Å²) in [4.78, 5) is 12.2. The van der Waals surface area contributed by atoms with Crippen LogP contribution in [-0.4, -0.2) is 19.1 Å². The number of ether oxygens (including phenoxy) is 1. The van der Waals surface area contributed by atoms with Gasteiger partial charge < -0.3 is 15.8 Å². The molecule has 0 spiro atoms. The minimum absolute atomic E-state index is 0.120. The van der Waals surface area contributed by atoms with Gasteiger partial charge in [-0.2, -0.15) is 0 Å². The van der Waals surface area contributed by atoms with E-state index in [4.69, 9.17) is 10.5 Å². The number of carbonyl (C=O) groups excluding carboxylic acids is 1. The summed E-state index contributed by atoms with van der Waals surface area (Å²) >= 11 is 0. The van der Waals surface area contributed by atoms with Crippen LogP contribution in [0.5, 0.6) is 5.75 Å². The van der Waals surface area contributed by atoms with E-state index in [1.54, 1.807) is 12.1 Å². The SMILES string of the molecule is NC(CNC(=O)c1ccc(OCC2CC2)cc1)c1ccccc1. The molecule has 1 saturated carbocycles. The number of benzene rings is 2. The van der Waals surface area contributed by atoms with Gasteiger partial charge in [0.2, 0.25) is 0 Å². The highest BCUT2D eigenvalue weighted by molar-refractivity contribution is 5.94. The first-order valence-corrected chi connectivity index (χ1v) is 8.04. The van der Waals surface area contributed by atoms with Gasteiger partial charge in [0.15, 0.2) is 0 Å². The van der Waals surface area contributed by atoms with E-state index in [1.165, 1.54) is 12.8 Å². The third kappa shape index (κ3) is 4.57. The summed E-state index contributed by atoms with van der Waals surface area (Å²) in [6.07, 6.45) is 2.53. The normalized spacial score (nSPS) is 15.0. The van der Waals surface area contributed by atoms with Crippen molar-refractivity contribution in [3.63, 3.8) is 0 Å². The molecule has 2 aromatic rings. The summed E-state index contributed by atoms with van der Waals surface area (Å²) in [5, 5.41) is 2.87. The highest BCUT2D eigenvalue weighted by Gasteiger charge is 2.21. The van der Waals surface area contributed by atoms with Crippen LogP contribution in [0.15, 0.2) is 54.6 Å². The fourth-order valence-electron chi connectivity index (χ4n) is 2.32. The first-order chi connectivity index (χ1) is 11.2. The second-order valence-corrected chi connectivity index (χ2v) is 6.01. The van der Waals surface area contributed by atoms with E-state index in [0.29, 0.717) is 12.1 Å². The molecular weight excluding hydrogens is 288 g/mol. The largest absolute Gasteiger partial charge is 0.493 e. The summed E-state index contributed by atoms with van der Waals surface area (Å²) in [5.41, 5.74) is 7.71. The van der Waals surface area contributed by atoms with E-state index in [0.717, 1.165) is 23.8 Å². The molecule has 0 aliphatic heterocycles. The van der Waals surface area contributed by atoms with Gasteiger partial charge in [0.05, 0.1) is 6.61 Å². The van der Waals surface area contributed by atoms with Crippen molar-refractivity contribution in [1.29, 1.82) is 0 Å². The lowest BCUT2D eigenvalue weighted by atomic mass is 10.1. The number of carbonyl (C=O) groups is 1. The zero-order valence-corrected chi connectivity index (χ0v) is 13.1. The molecule has 1 atom stereocenters. The Morgan fingerprint density at radius 1 is 1.13 bits per heavy atom. The van der Waals surface area contributed by atoms with E-state index >= 15 is 0 Å². The van der Waals surface area contributed by atoms with E-state index in [9.17, 15) is 4.79 Å². The predicted octanol–water partition coefficient (Wildman–Crippen LogP) is 2.91. The zero-order valence-electron chi connectivity index (χ0n) is 13.1. The maximum atomic E-state index is 12.2. The van der Waals surface area contributed by atoms with Crippen molar-refractivity contribution in [3.8, 4) is 5.75 Å². The van der Waals surface area contributed by atoms with Crippen LogP contribution in [0, 0.1) is 5.92 Å². The molecule has 1 unspecified atom stereocenters. The van der Waals surface area contributed by atoms with Crippen molar-refractivity contribution in [2.24, 2.45) is 11.7 Å². The Labute approximate surface area is 136 Å². The lowest BCUT2D eigenvalue weighted by Crippen LogP contribution is -2.31. The Morgan fingerprint density at radius 3 is 2.48 bits per heavy atom. The number of rotatable bonds is 7. The van der Waals surface area contributed by atoms with Gasteiger partial charge in [-0.1, -0.05) is 30.3 Å². The van der Waals surface area contributed by atoms with Gasteiger partial charge >= 0.3 is 0 Å². The van der Waals surface area contributed by atoms with E-state index in [-0.39, 0.29) is 11.9 Å². The smallest absolute Gasteiger partial charge is 0.251 e. The molecule has 23 heavy (non-hydrogen) atoms. The van der Waals surface area contributed by atoms with Gasteiger partial charge in [0, 0.05) is 18.2 Å². The number of nitrogens with one attached hydrogen (secondary N) is 1. The van der Waals surface area contributed by atoms with Crippen molar-refractivity contribution in [3.05, 3.63) is 65.7 Å². The molecule has 3 rings (SSSR count). The summed E-state index contributed by atoms with van der Waals surface area (Å²) < 4.78 is 5.67. The third-order valence-corrected chi connectivity index (χ3v) is 4.01. The molecule has 4 nitrogen and oxygen atoms in total. The van der Waals surface area contributed by atoms with Crippen LogP contribution in [0.25, 0.3) is 0 Å². The van der Waals surface area contributed by atoms with Crippen LogP contribution in [0.2, 0.25) is 0 Å². The van der Waals surface area contributed by atoms with Gasteiger partial charge in [-0.25, -0.2) is 0 Å². The van der Waals surface area contributed by atoms with Crippen LogP contribution in [0.3, 0.4) is 0 Å². The monoisotopic (exact) mass is 310 g/mol. The molecule has 1 aliphatic carbocycles. The first-order valence-electron chi connectivity index (χ1n) is 8.04. The maximum Gasteiger partial charge on any atom is 0.251 e. The van der Waals surface area contributed by atoms with E-state index < -0.39 is 0 Å². The molecule has 2 aromatic carbocycles. The number of hydrogen-bond acceptors (Lipinski definition) is 3. The summed E-state index contributed by atoms with van der Waals surface area (Å²) in [6.45, 7) is 1.18. The minimum atomic E-state index is -0.207. The molecule has 4 heteroatoms. The first kappa shape index (κ1) is 15.6. The van der Waals surface area contributed by atoms with Crippen LogP contribution in [0.1, 0.15) is 34.8 Å². The van der Waals surface area contributed by atoms with Crippen LogP contribution >= 0.6 is 0 Å². The topological polar surface area (TPSA) is 64.3 Å². The number of hydrogen-bond donors (Lipinski definition) is 2. The van der Waals surface area contributed by atoms with E-state index in [2.05, 4.69) is 5.32 Å². The lowest BCUT2D eigenvalue weighted by molar-refractivity contribution is 0.0951. The Balaban J connectivity index is 1.49. The molecule has 0 bridgehead atoms. The molecule has 0 saturated heterocycles. The average Bonchev–Trinajstić information content (AvgIpc) is 3.43. The quantitative estimate of drug-likeness (QED) is 0.826. The molecule has 1 amide bonds. The molecule has 0 radical (unpaired) electrons. The Hall–Kier alpha value is -2.33. The zero-order chi connectivity index (χ0) is 16.1. The minimum Gasteiger partial charge on any atom is -0.493 e. The Bertz CT molecular complexity index is 636. The molecule has 3 N–H and O–H groups in total. The molecule has 0 heterocycles. The standard InChI is InChI=1S/C19H22N2O2/c20-18(15-4-2-1-3-5-15)12-21-19(22)16-8-10-17(11-9-16)23-13-14-6-7-14/h1-5,8-11,14,18H,6-7,12-13,20H2,(H,21,22). The van der Waals surface area contributed by atoms with Crippen LogP contribution in [-0.2, 0) is 0 Å². The molecule has 1 fully saturated rings. The second-order valence-electron chi connectivity index (χ2n) is 6.01. The van der Waals surface area contributed by atoms with Crippen molar-refractivity contribution in [2.45, 2.75) is 18.9 Å². The number of amides is 1. The van der Waals surface area contributed by atoms with Gasteiger partial charge in [0.25, 0.3) is 5.91 Å². The van der Waals surface area contributed by atoms with Gasteiger partial charge in [-0.15, -0.1) is 0 Å². The van der Waals surface area contributed by atoms with Crippen LogP contribution < -0.4 is 15.8 Å². The van der Waals surface area contributed by atoms with Gasteiger partial charge in [0.1, 0.15) is 5.75 Å². The van der Waals surface area contributed by atoms with Crippen LogP contribution in [0.4, 0.5) is 0 Å². The third-order valence-electron chi connectivity index (χ3n) is 4.01. The van der Waals surface area contributed by atoms with Crippen molar-refractivity contribution in [1.82, 2.24) is 5.32 Å². The average molecular weight is 310 g/mol. The predicted molar refractivity (Wildman–Crippen MR) is 90.4 cm³/mol. The summed E-state index contributed by atoms with van der Waals surface area (Å²) in [5.74, 6) is 1.41. The van der Waals surface area contributed by atoms with Crippen molar-refractivity contribution >= 4 is 5.91 Å². The lowest BCUT2D eigenvalue weighted by Gasteiger charge is -2.13. The molecular formula is C19H22N2O2. The Morgan fingerprint density at radius 2 is 1.83 bits per heavy atom. The van der Waals surface area contributed by atoms with Gasteiger partial charge in [-0.05, 0) is 48.6 Å². The molecule has 120 valence electrons. The highest BCUT2D eigenvalue weighted by Crippen LogP contribution is 2.29. The summed E-state index contributed by atoms with van der Waals surface area (Å²) in [7, 11) is 0. The number of nitrogens with two attached hydrogens (primary N) is 1. The molecule has 0 aromatic heterocycles. The van der Waals surface area contributed by atoms with Crippen molar-refractivity contribution < 1.29 is 9.53 Å².